The maximum Gasteiger partial charge on any atom is 0.350 e. The van der Waals surface area contributed by atoms with Crippen LogP contribution in [0.5, 0.6) is 0 Å². The molecule has 3 saturated heterocycles. The van der Waals surface area contributed by atoms with Gasteiger partial charge in [0.1, 0.15) is 105 Å². The van der Waals surface area contributed by atoms with Crippen LogP contribution >= 0.6 is 0 Å². The number of aromatic nitrogens is 3. The smallest absolute Gasteiger partial charge is 0.350 e. The molecule has 142 heavy (non-hydrogen) atoms. The monoisotopic (exact) mass is 2000 g/mol. The Morgan fingerprint density at radius 1 is 0.634 bits per heavy atom. The average molecular weight is 2000 g/mol. The fraction of sp³-hybridized carbons (Fsp3) is 0.596. The van der Waals surface area contributed by atoms with Gasteiger partial charge in [0, 0.05) is 77.3 Å². The lowest BCUT2D eigenvalue weighted by atomic mass is 9.44. The molecule has 0 radical (unpaired) electrons. The van der Waals surface area contributed by atoms with Gasteiger partial charge in [-0.3, -0.25) is 33.6 Å². The third-order valence-electron chi connectivity index (χ3n) is 26.2. The molecule has 4 aromatic carbocycles. The second-order valence-electron chi connectivity index (χ2n) is 36.0. The number of nitrogens with zero attached hydrogens (tertiary/aromatic N) is 3. The highest BCUT2D eigenvalue weighted by molar-refractivity contribution is 5.97. The van der Waals surface area contributed by atoms with Gasteiger partial charge in [0.05, 0.1) is 108 Å². The average Bonchev–Trinajstić information content (AvgIpc) is 0.682. The Morgan fingerprint density at radius 2 is 1.26 bits per heavy atom. The Kier molecular flexibility index (Phi) is 41.2. The molecule has 5 fully saturated rings. The first kappa shape index (κ1) is 111. The fourth-order valence-electron chi connectivity index (χ4n) is 19.1. The van der Waals surface area contributed by atoms with E-state index < -0.39 is 236 Å². The van der Waals surface area contributed by atoms with Crippen molar-refractivity contribution in [2.24, 2.45) is 16.7 Å². The van der Waals surface area contributed by atoms with Crippen molar-refractivity contribution in [3.05, 3.63) is 166 Å². The van der Waals surface area contributed by atoms with Crippen molar-refractivity contribution in [3.63, 3.8) is 0 Å². The predicted octanol–water partition coefficient (Wildman–Crippen LogP) is 2.49. The third kappa shape index (κ3) is 27.6. The van der Waals surface area contributed by atoms with Crippen molar-refractivity contribution in [2.75, 3.05) is 113 Å². The molecule has 3 aliphatic carbocycles. The molecule has 2 amide bonds. The molecule has 11 rings (SSSR count). The van der Waals surface area contributed by atoms with E-state index in [9.17, 15) is 83.7 Å². The summed E-state index contributed by atoms with van der Waals surface area (Å²) in [5.41, 5.74) is -6.79. The summed E-state index contributed by atoms with van der Waals surface area (Å²) < 4.78 is 113. The molecule has 5 aromatic rings. The van der Waals surface area contributed by atoms with Gasteiger partial charge in [-0.25, -0.2) is 28.7 Å². The van der Waals surface area contributed by atoms with Crippen LogP contribution in [0.3, 0.4) is 0 Å². The summed E-state index contributed by atoms with van der Waals surface area (Å²) in [7, 11) is 2.66. The SMILES string of the molecule is CCOC(=O)[C@H](CCCCCC(=O)OCCOCC1O[C@H](OC)C(O)[C@@H](OCCO)[C@@H]1O[C@H]1OC(COCCO)[C@@H](OC)[C@H](OCCO)C1O)n1cc(CCCC(=O)NCC(=O)Cc2ccc(COC(=O)COCC(=O)O[C@@H](C(=O)O[C@H]3C[C@@]4(O)[C@@H](OC(=O)c5ccccc5)[C@@H]5[C@]6(OC(C)=O)CO[C@@H]6C[C@H](O)[C@@]5(C)C(=O)[C@H](OC(C)=O)C(=C3C)C4(C)C)C(NC(=O)c3ccccc3)c3ccccc3)cc2)nn1. The Bertz CT molecular complexity index is 5070. The second kappa shape index (κ2) is 52.6. The highest BCUT2D eigenvalue weighted by atomic mass is 16.8. The number of hydrogen-bond donors (Lipinski definition) is 9. The van der Waals surface area contributed by atoms with E-state index in [2.05, 4.69) is 20.9 Å². The van der Waals surface area contributed by atoms with Gasteiger partial charge in [-0.05, 0) is 98.6 Å². The number of carbonyl (C=O) groups is 12. The number of rotatable bonds is 53. The maximum absolute atomic E-state index is 16.0. The van der Waals surface area contributed by atoms with Crippen molar-refractivity contribution in [2.45, 2.75) is 247 Å². The number of methoxy groups -OCH3 is 2. The molecule has 3 aliphatic heterocycles. The number of nitrogens with one attached hydrogen (secondary N) is 2. The molecule has 6 aliphatic rings. The van der Waals surface area contributed by atoms with Gasteiger partial charge in [0.15, 0.2) is 41.9 Å². The molecule has 5 unspecified atom stereocenters. The number of ether oxygens (including phenoxy) is 19. The molecule has 43 nitrogen and oxygen atoms in total. The van der Waals surface area contributed by atoms with Gasteiger partial charge in [-0.1, -0.05) is 123 Å². The number of aliphatic hydroxyl groups is 7. The molecule has 4 heterocycles. The number of hydrogen-bond acceptors (Lipinski definition) is 40. The second-order valence-corrected chi connectivity index (χ2v) is 36.0. The Labute approximate surface area is 819 Å². The zero-order chi connectivity index (χ0) is 103. The van der Waals surface area contributed by atoms with Crippen molar-refractivity contribution in [3.8, 4) is 0 Å². The molecule has 1 aromatic heterocycles. The normalized spacial score (nSPS) is 27.1. The minimum atomic E-state index is -2.59. The van der Waals surface area contributed by atoms with Gasteiger partial charge < -0.3 is 136 Å². The lowest BCUT2D eigenvalue weighted by Crippen LogP contribution is -2.82. The van der Waals surface area contributed by atoms with Crippen LogP contribution in [-0.4, -0.2) is 344 Å². The summed E-state index contributed by atoms with van der Waals surface area (Å²) in [6.45, 7) is 4.62. The third-order valence-corrected chi connectivity index (χ3v) is 26.2. The van der Waals surface area contributed by atoms with Gasteiger partial charge in [0.25, 0.3) is 5.91 Å². The number of esters is 8. The molecule has 22 atom stereocenters. The van der Waals surface area contributed by atoms with Crippen molar-refractivity contribution in [1.82, 2.24) is 25.6 Å². The first-order valence-electron chi connectivity index (χ1n) is 47.2. The minimum Gasteiger partial charge on any atom is -0.464 e. The van der Waals surface area contributed by atoms with Crippen LogP contribution < -0.4 is 10.6 Å². The largest absolute Gasteiger partial charge is 0.464 e. The molecule has 2 saturated carbocycles. The maximum atomic E-state index is 16.0. The molecule has 43 heteroatoms. The summed E-state index contributed by atoms with van der Waals surface area (Å²) in [4.78, 5) is 167. The van der Waals surface area contributed by atoms with Gasteiger partial charge in [-0.2, -0.15) is 0 Å². The molecule has 2 bridgehead atoms. The van der Waals surface area contributed by atoms with Crippen LogP contribution in [0.15, 0.2) is 133 Å². The first-order chi connectivity index (χ1) is 68.1. The number of carbonyl (C=O) groups excluding carboxylic acids is 12. The quantitative estimate of drug-likeness (QED) is 0.0117. The van der Waals surface area contributed by atoms with Gasteiger partial charge >= 0.3 is 47.8 Å². The number of aliphatic hydroxyl groups excluding tert-OH is 6. The standard InChI is InChI=1S/C99H129N5O38/c1-10-129-92(121)67(31-21-14-22-33-74(113)130-45-44-127-53-70-82(86(132-43-40-107)79(116)94(125-9)137-70)140-95-80(117)85(131-42-39-106)81(124-8)69(138-95)52-126-41-38-105)104-50-65(102-103-104)30-23-32-73(112)100-49-66(110)46-60-34-36-61(37-35-60)51-133-75(114)54-128-55-76(115)139-84(78(62-24-15-11-16-25-62)101-90(119)63-26-17-12-18-27-63)93(122)136-68-48-99(123)89(141-91(120)64-28-19-13-20-29-64)87-97(7,71(111)47-72-98(87,56-134-72)142-59(4)109)88(118)83(135-58(3)108)77(57(68)2)96(99,5)6/h11-13,15-20,24-29,34-37,50,67-72,78-87,89,94-95,105-107,111,116-117,123H,10,14,21-23,30-33,38-49,51-56H2,1-9H3,(H,100,112)(H,101,119)/t67-,68-,69?,70?,71-,72+,78?,79?,80?,81+,82+,83+,84+,85+,86+,87-,89-,94-,95+,97+,98-,99+/m0/s1. The van der Waals surface area contributed by atoms with E-state index in [-0.39, 0.29) is 145 Å². The number of amides is 2. The van der Waals surface area contributed by atoms with Crippen LogP contribution in [-0.2, 0) is 157 Å². The summed E-state index contributed by atoms with van der Waals surface area (Å²) in [6, 6.07) is 27.3. The number of unbranched alkanes of at least 4 members (excludes halogenated alkanes) is 2. The van der Waals surface area contributed by atoms with E-state index in [1.165, 1.54) is 83.0 Å². The van der Waals surface area contributed by atoms with Crippen LogP contribution in [0, 0.1) is 16.7 Å². The molecule has 9 N–H and O–H groups in total. The topological polar surface area (TPSA) is 577 Å². The van der Waals surface area contributed by atoms with E-state index in [1.54, 1.807) is 92.0 Å². The Morgan fingerprint density at radius 3 is 1.89 bits per heavy atom. The molecule has 0 spiro atoms. The van der Waals surface area contributed by atoms with E-state index in [1.807, 2.05) is 0 Å². The number of benzene rings is 4. The summed E-state index contributed by atoms with van der Waals surface area (Å²) in [5, 5.41) is 91.8. The van der Waals surface area contributed by atoms with Crippen molar-refractivity contribution < 1.29 is 183 Å². The fourth-order valence-corrected chi connectivity index (χ4v) is 19.1. The molecular weight excluding hydrogens is 1870 g/mol. The Balaban J connectivity index is 0.637. The summed E-state index contributed by atoms with van der Waals surface area (Å²) in [5.74, 6) is -11.7. The highest BCUT2D eigenvalue weighted by Crippen LogP contribution is 2.65. The van der Waals surface area contributed by atoms with Crippen LogP contribution in [0.4, 0.5) is 0 Å². The van der Waals surface area contributed by atoms with Gasteiger partial charge in [0.2, 0.25) is 12.0 Å². The number of fused-ring (bicyclic) bond motifs is 5. The summed E-state index contributed by atoms with van der Waals surface area (Å²) >= 11 is 0. The molecular formula is C99H129N5O38. The Hall–Kier alpha value is -10.9. The van der Waals surface area contributed by atoms with Crippen LogP contribution in [0.2, 0.25) is 0 Å². The van der Waals surface area contributed by atoms with E-state index in [0.717, 1.165) is 13.8 Å². The van der Waals surface area contributed by atoms with E-state index >= 15 is 9.59 Å². The molecule has 778 valence electrons. The van der Waals surface area contributed by atoms with Crippen molar-refractivity contribution in [1.29, 1.82) is 0 Å². The number of ketones is 2. The van der Waals surface area contributed by atoms with Crippen LogP contribution in [0.25, 0.3) is 0 Å². The number of Topliss-reactive ketones (excluding diaryl/α,β-unsaturated/α-hetero) is 2. The highest BCUT2D eigenvalue weighted by Gasteiger charge is 2.79. The minimum absolute atomic E-state index is 0.0174. The zero-order valence-corrected chi connectivity index (χ0v) is 80.7. The van der Waals surface area contributed by atoms with Gasteiger partial charge in [-0.15, -0.1) is 5.10 Å². The first-order valence-corrected chi connectivity index (χ1v) is 47.2. The zero-order valence-electron chi connectivity index (χ0n) is 80.7. The number of aryl methyl sites for hydroxylation is 1. The lowest BCUT2D eigenvalue weighted by molar-refractivity contribution is -0.365. The lowest BCUT2D eigenvalue weighted by Gasteiger charge is -2.67. The van der Waals surface area contributed by atoms with Crippen molar-refractivity contribution >= 4 is 71.1 Å². The van der Waals surface area contributed by atoms with E-state index in [4.69, 9.17) is 90.0 Å². The summed E-state index contributed by atoms with van der Waals surface area (Å²) in [6.07, 6.45) is -20.2. The van der Waals surface area contributed by atoms with Crippen LogP contribution in [0.1, 0.15) is 161 Å². The predicted molar refractivity (Wildman–Crippen MR) is 487 cm³/mol. The van der Waals surface area contributed by atoms with E-state index in [0.29, 0.717) is 48.9 Å².